The molecule has 0 aliphatic heterocycles. The lowest BCUT2D eigenvalue weighted by Crippen LogP contribution is -2.24. The Bertz CT molecular complexity index is 1110. The second-order valence-electron chi connectivity index (χ2n) is 8.90. The molecule has 0 saturated heterocycles. The molecule has 3 aromatic carbocycles. The summed E-state index contributed by atoms with van der Waals surface area (Å²) in [4.78, 5) is 4.52. The van der Waals surface area contributed by atoms with Gasteiger partial charge in [0.1, 0.15) is 0 Å². The van der Waals surface area contributed by atoms with Crippen LogP contribution in [0.4, 0.5) is 11.4 Å². The highest BCUT2D eigenvalue weighted by molar-refractivity contribution is 5.58. The summed E-state index contributed by atoms with van der Waals surface area (Å²) in [5.74, 6) is 0.127. The number of hydrogen-bond donors (Lipinski definition) is 0. The van der Waals surface area contributed by atoms with Crippen molar-refractivity contribution in [2.24, 2.45) is 0 Å². The predicted molar refractivity (Wildman–Crippen MR) is 146 cm³/mol. The molecule has 4 heteroatoms. The Morgan fingerprint density at radius 2 is 1.14 bits per heavy atom. The van der Waals surface area contributed by atoms with E-state index in [0.717, 1.165) is 26.2 Å². The molecule has 0 aliphatic carbocycles. The molecule has 0 atom stereocenters. The maximum atomic E-state index is 9.03. The van der Waals surface area contributed by atoms with Crippen LogP contribution in [-0.4, -0.2) is 26.2 Å². The van der Waals surface area contributed by atoms with Crippen molar-refractivity contribution in [3.63, 3.8) is 0 Å². The number of anilines is 2. The quantitative estimate of drug-likeness (QED) is 0.288. The first-order valence-corrected chi connectivity index (χ1v) is 12.5. The van der Waals surface area contributed by atoms with Crippen LogP contribution in [0.1, 0.15) is 60.4 Å². The van der Waals surface area contributed by atoms with Crippen LogP contribution in [0.15, 0.2) is 66.7 Å². The average Bonchev–Trinajstić information content (AvgIpc) is 2.88. The fourth-order valence-corrected chi connectivity index (χ4v) is 4.84. The number of aryl methyl sites for hydroxylation is 2. The highest BCUT2D eigenvalue weighted by Gasteiger charge is 2.22. The van der Waals surface area contributed by atoms with E-state index >= 15 is 0 Å². The van der Waals surface area contributed by atoms with Crippen molar-refractivity contribution < 1.29 is 0 Å². The van der Waals surface area contributed by atoms with Crippen LogP contribution >= 0.6 is 0 Å². The van der Waals surface area contributed by atoms with E-state index in [-0.39, 0.29) is 5.92 Å². The summed E-state index contributed by atoms with van der Waals surface area (Å²) in [5, 5.41) is 18.1. The molecule has 0 amide bonds. The third-order valence-corrected chi connectivity index (χ3v) is 6.74. The van der Waals surface area contributed by atoms with Gasteiger partial charge in [0.05, 0.1) is 25.0 Å². The highest BCUT2D eigenvalue weighted by atomic mass is 15.1. The zero-order valence-electron chi connectivity index (χ0n) is 21.5. The molecule has 0 spiro atoms. The van der Waals surface area contributed by atoms with Gasteiger partial charge in [0, 0.05) is 43.5 Å². The van der Waals surface area contributed by atoms with Crippen molar-refractivity contribution in [2.75, 3.05) is 36.0 Å². The summed E-state index contributed by atoms with van der Waals surface area (Å²) < 4.78 is 0. The molecule has 0 aliphatic rings. The molecule has 0 saturated carbocycles. The van der Waals surface area contributed by atoms with Crippen LogP contribution in [0.5, 0.6) is 0 Å². The number of rotatable bonds is 11. The van der Waals surface area contributed by atoms with Crippen molar-refractivity contribution >= 4 is 11.4 Å². The standard InChI is InChI=1S/C31H36N4/c1-5-34(20-10-18-32)27-14-16-29(24(3)22-27)31(26-12-8-7-9-13-26)30-17-15-28(23-25(30)4)35(6-2)21-11-19-33/h7-9,12-17,22-23,31H,5-6,10-11,20-21H2,1-4H3. The molecule has 0 aromatic heterocycles. The van der Waals surface area contributed by atoms with Crippen LogP contribution < -0.4 is 9.80 Å². The normalized spacial score (nSPS) is 10.6. The maximum absolute atomic E-state index is 9.03. The number of nitriles is 2. The minimum atomic E-state index is 0.127. The van der Waals surface area contributed by atoms with Crippen LogP contribution in [0.25, 0.3) is 0 Å². The third kappa shape index (κ3) is 6.23. The van der Waals surface area contributed by atoms with Gasteiger partial charge in [-0.25, -0.2) is 0 Å². The van der Waals surface area contributed by atoms with E-state index in [0.29, 0.717) is 12.8 Å². The summed E-state index contributed by atoms with van der Waals surface area (Å²) in [6.45, 7) is 11.9. The van der Waals surface area contributed by atoms with E-state index in [2.05, 4.69) is 116 Å². The van der Waals surface area contributed by atoms with Gasteiger partial charge >= 0.3 is 0 Å². The van der Waals surface area contributed by atoms with E-state index in [1.807, 2.05) is 0 Å². The Morgan fingerprint density at radius 1 is 0.686 bits per heavy atom. The van der Waals surface area contributed by atoms with Crippen LogP contribution in [0.2, 0.25) is 0 Å². The largest absolute Gasteiger partial charge is 0.371 e. The molecule has 3 aromatic rings. The summed E-state index contributed by atoms with van der Waals surface area (Å²) >= 11 is 0. The Hall–Kier alpha value is -3.76. The highest BCUT2D eigenvalue weighted by Crippen LogP contribution is 2.38. The fourth-order valence-electron chi connectivity index (χ4n) is 4.84. The van der Waals surface area contributed by atoms with E-state index in [9.17, 15) is 0 Å². The molecule has 0 fully saturated rings. The summed E-state index contributed by atoms with van der Waals surface area (Å²) in [5.41, 5.74) is 8.69. The van der Waals surface area contributed by atoms with Crippen LogP contribution in [0, 0.1) is 36.5 Å². The maximum Gasteiger partial charge on any atom is 0.0640 e. The first-order valence-electron chi connectivity index (χ1n) is 12.5. The van der Waals surface area contributed by atoms with Gasteiger partial charge in [-0.3, -0.25) is 0 Å². The molecule has 180 valence electrons. The first kappa shape index (κ1) is 25.9. The Kier molecular flexibility index (Phi) is 9.33. The third-order valence-electron chi connectivity index (χ3n) is 6.74. The zero-order valence-corrected chi connectivity index (χ0v) is 21.5. The van der Waals surface area contributed by atoms with Gasteiger partial charge in [0.2, 0.25) is 0 Å². The van der Waals surface area contributed by atoms with E-state index in [4.69, 9.17) is 10.5 Å². The van der Waals surface area contributed by atoms with Gasteiger partial charge in [0.15, 0.2) is 0 Å². The molecule has 0 bridgehead atoms. The molecular weight excluding hydrogens is 428 g/mol. The van der Waals surface area contributed by atoms with Gasteiger partial charge in [-0.1, -0.05) is 42.5 Å². The smallest absolute Gasteiger partial charge is 0.0640 e. The molecular formula is C31H36N4. The molecule has 3 rings (SSSR count). The molecule has 0 heterocycles. The van der Waals surface area contributed by atoms with Gasteiger partial charge in [-0.15, -0.1) is 0 Å². The number of hydrogen-bond acceptors (Lipinski definition) is 4. The van der Waals surface area contributed by atoms with Crippen LogP contribution in [-0.2, 0) is 0 Å². The number of benzene rings is 3. The fraction of sp³-hybridized carbons (Fsp3) is 0.355. The predicted octanol–water partition coefficient (Wildman–Crippen LogP) is 6.96. The van der Waals surface area contributed by atoms with Gasteiger partial charge < -0.3 is 9.80 Å². The van der Waals surface area contributed by atoms with Crippen LogP contribution in [0.3, 0.4) is 0 Å². The first-order chi connectivity index (χ1) is 17.0. The summed E-state index contributed by atoms with van der Waals surface area (Å²) in [6, 6.07) is 28.7. The van der Waals surface area contributed by atoms with Crippen molar-refractivity contribution in [3.05, 3.63) is 94.5 Å². The molecule has 4 nitrogen and oxygen atoms in total. The summed E-state index contributed by atoms with van der Waals surface area (Å²) in [7, 11) is 0. The lowest BCUT2D eigenvalue weighted by Gasteiger charge is -2.28. The second-order valence-corrected chi connectivity index (χ2v) is 8.90. The molecule has 0 radical (unpaired) electrons. The Morgan fingerprint density at radius 3 is 1.51 bits per heavy atom. The lowest BCUT2D eigenvalue weighted by molar-refractivity contribution is 0.823. The van der Waals surface area contributed by atoms with Gasteiger partial charge in [-0.2, -0.15) is 10.5 Å². The van der Waals surface area contributed by atoms with Crippen molar-refractivity contribution in [1.82, 2.24) is 0 Å². The Labute approximate surface area is 211 Å². The topological polar surface area (TPSA) is 54.1 Å². The Balaban J connectivity index is 2.05. The monoisotopic (exact) mass is 464 g/mol. The number of nitrogens with zero attached hydrogens (tertiary/aromatic N) is 4. The molecule has 0 unspecified atom stereocenters. The average molecular weight is 465 g/mol. The van der Waals surface area contributed by atoms with E-state index < -0.39 is 0 Å². The molecule has 0 N–H and O–H groups in total. The summed E-state index contributed by atoms with van der Waals surface area (Å²) in [6.07, 6.45) is 1.05. The molecule has 35 heavy (non-hydrogen) atoms. The van der Waals surface area contributed by atoms with E-state index in [1.54, 1.807) is 0 Å². The SMILES string of the molecule is CCN(CCC#N)c1ccc(C(c2ccccc2)c2ccc(N(CC)CCC#N)cc2C)c(C)c1. The minimum Gasteiger partial charge on any atom is -0.371 e. The van der Waals surface area contributed by atoms with E-state index in [1.165, 1.54) is 39.2 Å². The lowest BCUT2D eigenvalue weighted by atomic mass is 9.81. The van der Waals surface area contributed by atoms with Crippen molar-refractivity contribution in [3.8, 4) is 12.1 Å². The van der Waals surface area contributed by atoms with Crippen molar-refractivity contribution in [2.45, 2.75) is 46.5 Å². The zero-order chi connectivity index (χ0) is 25.2. The van der Waals surface area contributed by atoms with Gasteiger partial charge in [0.25, 0.3) is 0 Å². The minimum absolute atomic E-state index is 0.127. The van der Waals surface area contributed by atoms with Gasteiger partial charge in [-0.05, 0) is 79.8 Å². The van der Waals surface area contributed by atoms with Crippen molar-refractivity contribution in [1.29, 1.82) is 10.5 Å². The second kappa shape index (κ2) is 12.6.